The van der Waals surface area contributed by atoms with E-state index in [0.717, 1.165) is 10.0 Å². The van der Waals surface area contributed by atoms with Crippen LogP contribution in [0.5, 0.6) is 0 Å². The lowest BCUT2D eigenvalue weighted by Gasteiger charge is -2.13. The first-order valence-electron chi connectivity index (χ1n) is 4.69. The Hall–Kier alpha value is -0.870. The van der Waals surface area contributed by atoms with Crippen LogP contribution in [0.4, 0.5) is 0 Å². The van der Waals surface area contributed by atoms with E-state index in [-0.39, 0.29) is 18.6 Å². The van der Waals surface area contributed by atoms with E-state index in [4.69, 9.17) is 0 Å². The Bertz CT molecular complexity index is 341. The summed E-state index contributed by atoms with van der Waals surface area (Å²) >= 11 is 3.40. The predicted molar refractivity (Wildman–Crippen MR) is 62.6 cm³/mol. The van der Waals surface area contributed by atoms with Crippen molar-refractivity contribution in [3.8, 4) is 0 Å². The van der Waals surface area contributed by atoms with Gasteiger partial charge < -0.3 is 10.1 Å². The van der Waals surface area contributed by atoms with Crippen LogP contribution in [0.3, 0.4) is 0 Å². The zero-order chi connectivity index (χ0) is 11.3. The minimum atomic E-state index is -0.253. The number of hydrogen-bond acceptors (Lipinski definition) is 3. The molecule has 0 heterocycles. The number of ether oxygens (including phenoxy) is 1. The predicted octanol–water partition coefficient (Wildman–Crippen LogP) is 2.27. The highest BCUT2D eigenvalue weighted by atomic mass is 79.9. The monoisotopic (exact) mass is 271 g/mol. The molecule has 0 aliphatic carbocycles. The van der Waals surface area contributed by atoms with Gasteiger partial charge in [0.25, 0.3) is 0 Å². The second kappa shape index (κ2) is 5.88. The molecule has 0 unspecified atom stereocenters. The van der Waals surface area contributed by atoms with Gasteiger partial charge in [-0.1, -0.05) is 28.1 Å². The molecular formula is C11H14BrNO2. The largest absolute Gasteiger partial charge is 0.468 e. The zero-order valence-corrected chi connectivity index (χ0v) is 10.4. The Morgan fingerprint density at radius 3 is 2.93 bits per heavy atom. The second-order valence-corrected chi connectivity index (χ2v) is 4.15. The van der Waals surface area contributed by atoms with Crippen LogP contribution in [0.25, 0.3) is 0 Å². The van der Waals surface area contributed by atoms with Gasteiger partial charge in [0.2, 0.25) is 0 Å². The lowest BCUT2D eigenvalue weighted by atomic mass is 10.1. The topological polar surface area (TPSA) is 38.3 Å². The molecule has 82 valence electrons. The van der Waals surface area contributed by atoms with Crippen molar-refractivity contribution in [2.45, 2.75) is 13.0 Å². The van der Waals surface area contributed by atoms with E-state index < -0.39 is 0 Å². The van der Waals surface area contributed by atoms with Gasteiger partial charge in [-0.3, -0.25) is 4.79 Å². The third-order valence-electron chi connectivity index (χ3n) is 2.13. The smallest absolute Gasteiger partial charge is 0.319 e. The van der Waals surface area contributed by atoms with Gasteiger partial charge in [-0.15, -0.1) is 0 Å². The number of methoxy groups -OCH3 is 1. The van der Waals surface area contributed by atoms with Gasteiger partial charge in [0.05, 0.1) is 13.7 Å². The molecule has 0 aliphatic rings. The maximum absolute atomic E-state index is 10.9. The summed E-state index contributed by atoms with van der Waals surface area (Å²) in [6.45, 7) is 2.23. The summed E-state index contributed by atoms with van der Waals surface area (Å²) in [5, 5.41) is 3.08. The number of halogens is 1. The Morgan fingerprint density at radius 2 is 2.33 bits per heavy atom. The van der Waals surface area contributed by atoms with Crippen LogP contribution in [0.2, 0.25) is 0 Å². The van der Waals surface area contributed by atoms with Crippen molar-refractivity contribution in [1.82, 2.24) is 5.32 Å². The summed E-state index contributed by atoms with van der Waals surface area (Å²) in [6.07, 6.45) is 0. The molecule has 0 radical (unpaired) electrons. The van der Waals surface area contributed by atoms with Gasteiger partial charge in [-0.05, 0) is 24.6 Å². The van der Waals surface area contributed by atoms with E-state index in [1.807, 2.05) is 31.2 Å². The molecule has 1 N–H and O–H groups in total. The molecule has 1 aromatic rings. The first kappa shape index (κ1) is 12.2. The fourth-order valence-corrected chi connectivity index (χ4v) is 1.62. The van der Waals surface area contributed by atoms with E-state index in [9.17, 15) is 4.79 Å². The molecule has 0 aliphatic heterocycles. The summed E-state index contributed by atoms with van der Waals surface area (Å²) in [4.78, 5) is 10.9. The highest BCUT2D eigenvalue weighted by Crippen LogP contribution is 2.17. The Labute approximate surface area is 97.9 Å². The third-order valence-corrected chi connectivity index (χ3v) is 2.62. The first-order chi connectivity index (χ1) is 7.13. The van der Waals surface area contributed by atoms with Crippen molar-refractivity contribution in [3.05, 3.63) is 34.3 Å². The molecule has 1 atom stereocenters. The lowest BCUT2D eigenvalue weighted by Crippen LogP contribution is -2.26. The van der Waals surface area contributed by atoms with E-state index in [0.29, 0.717) is 0 Å². The molecule has 0 spiro atoms. The Morgan fingerprint density at radius 1 is 1.60 bits per heavy atom. The van der Waals surface area contributed by atoms with Gasteiger partial charge in [0.1, 0.15) is 0 Å². The summed E-state index contributed by atoms with van der Waals surface area (Å²) < 4.78 is 5.58. The number of carbonyl (C=O) groups excluding carboxylic acids is 1. The molecule has 3 nitrogen and oxygen atoms in total. The highest BCUT2D eigenvalue weighted by molar-refractivity contribution is 9.10. The average molecular weight is 272 g/mol. The van der Waals surface area contributed by atoms with Crippen molar-refractivity contribution in [2.24, 2.45) is 0 Å². The van der Waals surface area contributed by atoms with E-state index >= 15 is 0 Å². The minimum Gasteiger partial charge on any atom is -0.468 e. The summed E-state index contributed by atoms with van der Waals surface area (Å²) in [7, 11) is 1.38. The molecule has 0 aromatic heterocycles. The number of rotatable bonds is 4. The van der Waals surface area contributed by atoms with Crippen molar-refractivity contribution in [1.29, 1.82) is 0 Å². The SMILES string of the molecule is COC(=O)CN[C@@H](C)c1cccc(Br)c1. The van der Waals surface area contributed by atoms with Crippen LogP contribution in [0.1, 0.15) is 18.5 Å². The van der Waals surface area contributed by atoms with Crippen LogP contribution >= 0.6 is 15.9 Å². The average Bonchev–Trinajstić information content (AvgIpc) is 2.25. The van der Waals surface area contributed by atoms with E-state index in [1.54, 1.807) is 0 Å². The quantitative estimate of drug-likeness (QED) is 0.854. The number of carbonyl (C=O) groups is 1. The number of nitrogens with one attached hydrogen (secondary N) is 1. The fourth-order valence-electron chi connectivity index (χ4n) is 1.20. The Balaban J connectivity index is 2.53. The second-order valence-electron chi connectivity index (χ2n) is 3.23. The summed E-state index contributed by atoms with van der Waals surface area (Å²) in [5.41, 5.74) is 1.13. The minimum absolute atomic E-state index is 0.126. The molecular weight excluding hydrogens is 258 g/mol. The molecule has 0 saturated carbocycles. The maximum atomic E-state index is 10.9. The first-order valence-corrected chi connectivity index (χ1v) is 5.48. The standard InChI is InChI=1S/C11H14BrNO2/c1-8(13-7-11(14)15-2)9-4-3-5-10(12)6-9/h3-6,8,13H,7H2,1-2H3/t8-/m0/s1. The zero-order valence-electron chi connectivity index (χ0n) is 8.79. The van der Waals surface area contributed by atoms with Gasteiger partial charge >= 0.3 is 5.97 Å². The normalized spacial score (nSPS) is 12.2. The molecule has 1 rings (SSSR count). The molecule has 1 aromatic carbocycles. The number of hydrogen-bond donors (Lipinski definition) is 1. The van der Waals surface area contributed by atoms with Crippen LogP contribution in [-0.2, 0) is 9.53 Å². The van der Waals surface area contributed by atoms with Gasteiger partial charge in [0, 0.05) is 10.5 Å². The van der Waals surface area contributed by atoms with Crippen LogP contribution in [-0.4, -0.2) is 19.6 Å². The molecule has 0 bridgehead atoms. The molecule has 0 saturated heterocycles. The van der Waals surface area contributed by atoms with Crippen molar-refractivity contribution < 1.29 is 9.53 Å². The van der Waals surface area contributed by atoms with Crippen LogP contribution < -0.4 is 5.32 Å². The van der Waals surface area contributed by atoms with Crippen molar-refractivity contribution in [2.75, 3.05) is 13.7 Å². The molecule has 15 heavy (non-hydrogen) atoms. The number of benzene rings is 1. The fraction of sp³-hybridized carbons (Fsp3) is 0.364. The highest BCUT2D eigenvalue weighted by Gasteiger charge is 2.07. The van der Waals surface area contributed by atoms with Crippen molar-refractivity contribution >= 4 is 21.9 Å². The van der Waals surface area contributed by atoms with Gasteiger partial charge in [-0.25, -0.2) is 0 Å². The van der Waals surface area contributed by atoms with Gasteiger partial charge in [-0.2, -0.15) is 0 Å². The third kappa shape index (κ3) is 4.01. The van der Waals surface area contributed by atoms with E-state index in [2.05, 4.69) is 26.0 Å². The summed E-state index contributed by atoms with van der Waals surface area (Å²) in [5.74, 6) is -0.253. The molecule has 4 heteroatoms. The molecule has 0 fully saturated rings. The lowest BCUT2D eigenvalue weighted by molar-refractivity contribution is -0.139. The number of esters is 1. The maximum Gasteiger partial charge on any atom is 0.319 e. The molecule has 0 amide bonds. The van der Waals surface area contributed by atoms with E-state index in [1.165, 1.54) is 7.11 Å². The van der Waals surface area contributed by atoms with Crippen LogP contribution in [0, 0.1) is 0 Å². The van der Waals surface area contributed by atoms with Gasteiger partial charge in [0.15, 0.2) is 0 Å². The Kier molecular flexibility index (Phi) is 4.78. The van der Waals surface area contributed by atoms with Crippen LogP contribution in [0.15, 0.2) is 28.7 Å². The van der Waals surface area contributed by atoms with Crippen molar-refractivity contribution in [3.63, 3.8) is 0 Å². The summed E-state index contributed by atoms with van der Waals surface area (Å²) in [6, 6.07) is 8.10.